The van der Waals surface area contributed by atoms with E-state index in [1.165, 1.54) is 31.3 Å². The maximum atomic E-state index is 13.1. The molecule has 0 saturated carbocycles. The van der Waals surface area contributed by atoms with E-state index >= 15 is 0 Å². The lowest BCUT2D eigenvalue weighted by Crippen LogP contribution is -2.31. The van der Waals surface area contributed by atoms with E-state index in [0.717, 1.165) is 40.9 Å². The highest BCUT2D eigenvalue weighted by molar-refractivity contribution is 8.15. The zero-order chi connectivity index (χ0) is 21.2. The average Bonchev–Trinajstić information content (AvgIpc) is 2.95. The molecule has 2 aromatic rings. The Morgan fingerprint density at radius 2 is 1.86 bits per heavy atom. The van der Waals surface area contributed by atoms with Crippen molar-refractivity contribution in [2.24, 2.45) is 4.99 Å². The van der Waals surface area contributed by atoms with Gasteiger partial charge in [-0.3, -0.25) is 14.6 Å². The molecule has 29 heavy (non-hydrogen) atoms. The van der Waals surface area contributed by atoms with Gasteiger partial charge in [-0.05, 0) is 42.5 Å². The number of amidine groups is 1. The predicted octanol–water partition coefficient (Wildman–Crippen LogP) is 4.31. The minimum Gasteiger partial charge on any atom is -0.335 e. The second kappa shape index (κ2) is 8.24. The number of carbonyl (C=O) groups excluding carboxylic acids is 2. The highest BCUT2D eigenvalue weighted by Crippen LogP contribution is 2.33. The number of nitrogens with one attached hydrogen (secondary N) is 1. The molecule has 1 aliphatic heterocycles. The summed E-state index contributed by atoms with van der Waals surface area (Å²) in [7, 11) is 1.42. The molecule has 1 heterocycles. The maximum Gasteiger partial charge on any atom is 0.416 e. The molecule has 0 spiro atoms. The number of hydrogen-bond acceptors (Lipinski definition) is 4. The number of hydrogen-bond donors (Lipinski definition) is 1. The summed E-state index contributed by atoms with van der Waals surface area (Å²) in [4.78, 5) is 29.9. The number of amides is 2. The summed E-state index contributed by atoms with van der Waals surface area (Å²) in [6.45, 7) is 0. The third-order valence-electron chi connectivity index (χ3n) is 4.09. The molecule has 3 rings (SSSR count). The van der Waals surface area contributed by atoms with Crippen LogP contribution in [0.3, 0.4) is 0 Å². The Labute approximate surface area is 167 Å². The number of alkyl halides is 3. The van der Waals surface area contributed by atoms with E-state index in [4.69, 9.17) is 0 Å². The van der Waals surface area contributed by atoms with Crippen molar-refractivity contribution >= 4 is 40.1 Å². The lowest BCUT2D eigenvalue weighted by molar-refractivity contribution is -0.137. The van der Waals surface area contributed by atoms with E-state index in [9.17, 15) is 27.2 Å². The van der Waals surface area contributed by atoms with Crippen molar-refractivity contribution in [3.8, 4) is 0 Å². The molecule has 0 bridgehead atoms. The Balaban J connectivity index is 1.72. The molecule has 0 aromatic heterocycles. The van der Waals surface area contributed by atoms with Crippen LogP contribution in [-0.4, -0.2) is 29.3 Å². The van der Waals surface area contributed by atoms with Gasteiger partial charge in [-0.2, -0.15) is 13.2 Å². The van der Waals surface area contributed by atoms with Crippen molar-refractivity contribution in [3.05, 3.63) is 59.9 Å². The molecular weight excluding hydrogens is 410 g/mol. The maximum absolute atomic E-state index is 13.1. The Morgan fingerprint density at radius 3 is 2.48 bits per heavy atom. The molecule has 0 unspecified atom stereocenters. The molecule has 1 saturated heterocycles. The lowest BCUT2D eigenvalue weighted by Gasteiger charge is -2.16. The van der Waals surface area contributed by atoms with Crippen molar-refractivity contribution in [2.75, 3.05) is 17.3 Å². The summed E-state index contributed by atoms with van der Waals surface area (Å²) < 4.78 is 51.7. The van der Waals surface area contributed by atoms with Crippen molar-refractivity contribution in [1.29, 1.82) is 0 Å². The first kappa shape index (κ1) is 20.8. The van der Waals surface area contributed by atoms with Gasteiger partial charge in [-0.1, -0.05) is 17.8 Å². The highest BCUT2D eigenvalue weighted by Gasteiger charge is 2.40. The number of rotatable bonds is 3. The number of thioether (sulfide) groups is 1. The quantitative estimate of drug-likeness (QED) is 0.345. The molecule has 1 aliphatic rings. The molecule has 2 aromatic carbocycles. The van der Waals surface area contributed by atoms with Crippen molar-refractivity contribution in [2.45, 2.75) is 17.8 Å². The number of imide groups is 1. The van der Waals surface area contributed by atoms with E-state index in [1.54, 1.807) is 0 Å². The van der Waals surface area contributed by atoms with Crippen molar-refractivity contribution < 1.29 is 27.2 Å². The van der Waals surface area contributed by atoms with Crippen LogP contribution in [0.4, 0.5) is 28.9 Å². The smallest absolute Gasteiger partial charge is 0.335 e. The van der Waals surface area contributed by atoms with Crippen LogP contribution in [0.25, 0.3) is 0 Å². The van der Waals surface area contributed by atoms with Crippen LogP contribution in [0.15, 0.2) is 53.5 Å². The van der Waals surface area contributed by atoms with Gasteiger partial charge in [-0.15, -0.1) is 0 Å². The molecule has 0 radical (unpaired) electrons. The van der Waals surface area contributed by atoms with Crippen molar-refractivity contribution in [3.63, 3.8) is 0 Å². The van der Waals surface area contributed by atoms with Crippen LogP contribution in [0.1, 0.15) is 12.0 Å². The van der Waals surface area contributed by atoms with E-state index in [2.05, 4.69) is 10.3 Å². The third kappa shape index (κ3) is 4.76. The molecular formula is C19H15F4N3O2S. The molecule has 1 N–H and O–H groups in total. The Bertz CT molecular complexity index is 961. The van der Waals surface area contributed by atoms with Gasteiger partial charge in [0.2, 0.25) is 11.8 Å². The zero-order valence-corrected chi connectivity index (χ0v) is 15.9. The predicted molar refractivity (Wildman–Crippen MR) is 103 cm³/mol. The number of aliphatic imine (C=N–C) groups is 1. The van der Waals surface area contributed by atoms with Crippen LogP contribution >= 0.6 is 11.8 Å². The van der Waals surface area contributed by atoms with Gasteiger partial charge in [0.1, 0.15) is 11.1 Å². The van der Waals surface area contributed by atoms with Crippen LogP contribution < -0.4 is 10.2 Å². The van der Waals surface area contributed by atoms with Crippen LogP contribution in [0.2, 0.25) is 0 Å². The second-order valence-corrected chi connectivity index (χ2v) is 7.28. The number of nitrogens with zero attached hydrogens (tertiary/aromatic N) is 2. The minimum absolute atomic E-state index is 0.107. The fourth-order valence-corrected chi connectivity index (χ4v) is 3.71. The summed E-state index contributed by atoms with van der Waals surface area (Å²) in [6, 6.07) is 9.51. The van der Waals surface area contributed by atoms with Gasteiger partial charge in [0.05, 0.1) is 11.3 Å². The van der Waals surface area contributed by atoms with E-state index in [1.807, 2.05) is 0 Å². The van der Waals surface area contributed by atoms with Crippen LogP contribution in [0, 0.1) is 5.82 Å². The number of benzene rings is 2. The standard InChI is InChI=1S/C19H15F4N3O2S/c1-24-18(25-13-4-2-3-11(9-13)19(21,22)23)29-15-10-16(27)26(17(15)28)14-7-5-12(20)6-8-14/h2-9,15H,10H2,1H3,(H,24,25)/t15-/m1/s1. The first-order chi connectivity index (χ1) is 13.7. The first-order valence-corrected chi connectivity index (χ1v) is 9.27. The topological polar surface area (TPSA) is 61.8 Å². The van der Waals surface area contributed by atoms with E-state index in [-0.39, 0.29) is 23.0 Å². The fraction of sp³-hybridized carbons (Fsp3) is 0.211. The van der Waals surface area contributed by atoms with Crippen LogP contribution in [-0.2, 0) is 15.8 Å². The zero-order valence-electron chi connectivity index (χ0n) is 15.0. The summed E-state index contributed by atoms with van der Waals surface area (Å²) in [6.07, 6.45) is -4.60. The average molecular weight is 425 g/mol. The number of halogens is 4. The molecule has 1 atom stereocenters. The van der Waals surface area contributed by atoms with Gasteiger partial charge >= 0.3 is 6.18 Å². The van der Waals surface area contributed by atoms with Gasteiger partial charge in [-0.25, -0.2) is 9.29 Å². The Kier molecular flexibility index (Phi) is 5.92. The molecule has 2 amide bonds. The summed E-state index contributed by atoms with van der Waals surface area (Å²) >= 11 is 0.945. The molecule has 5 nitrogen and oxygen atoms in total. The largest absolute Gasteiger partial charge is 0.416 e. The Morgan fingerprint density at radius 1 is 1.17 bits per heavy atom. The SMILES string of the molecule is CN=C(Nc1cccc(C(F)(F)F)c1)S[C@@H]1CC(=O)N(c2ccc(F)cc2)C1=O. The highest BCUT2D eigenvalue weighted by atomic mass is 32.2. The van der Waals surface area contributed by atoms with E-state index in [0.29, 0.717) is 0 Å². The minimum atomic E-state index is -4.49. The molecule has 152 valence electrons. The van der Waals surface area contributed by atoms with Gasteiger partial charge < -0.3 is 5.32 Å². The summed E-state index contributed by atoms with van der Waals surface area (Å²) in [5, 5.41) is 2.14. The van der Waals surface area contributed by atoms with Crippen LogP contribution in [0.5, 0.6) is 0 Å². The fourth-order valence-electron chi connectivity index (χ4n) is 2.73. The van der Waals surface area contributed by atoms with Gasteiger partial charge in [0, 0.05) is 19.2 Å². The molecule has 10 heteroatoms. The molecule has 1 fully saturated rings. The first-order valence-electron chi connectivity index (χ1n) is 8.39. The van der Waals surface area contributed by atoms with Gasteiger partial charge in [0.25, 0.3) is 0 Å². The lowest BCUT2D eigenvalue weighted by atomic mass is 10.2. The number of anilines is 2. The number of carbonyl (C=O) groups is 2. The Hall–Kier alpha value is -2.88. The summed E-state index contributed by atoms with van der Waals surface area (Å²) in [5.74, 6) is -1.45. The van der Waals surface area contributed by atoms with E-state index < -0.39 is 34.6 Å². The van der Waals surface area contributed by atoms with Gasteiger partial charge in [0.15, 0.2) is 5.17 Å². The third-order valence-corrected chi connectivity index (χ3v) is 5.25. The molecule has 0 aliphatic carbocycles. The monoisotopic (exact) mass is 425 g/mol. The second-order valence-electron chi connectivity index (χ2n) is 6.09. The van der Waals surface area contributed by atoms with Crippen molar-refractivity contribution in [1.82, 2.24) is 0 Å². The normalized spacial score (nSPS) is 17.8. The summed E-state index contributed by atoms with van der Waals surface area (Å²) in [5.41, 5.74) is -0.414.